The molecule has 2 atom stereocenters. The van der Waals surface area contributed by atoms with Crippen LogP contribution in [0.15, 0.2) is 18.3 Å². The first-order chi connectivity index (χ1) is 11.1. The van der Waals surface area contributed by atoms with Gasteiger partial charge in [-0.2, -0.15) is 5.10 Å². The van der Waals surface area contributed by atoms with Crippen LogP contribution in [0.25, 0.3) is 0 Å². The van der Waals surface area contributed by atoms with Gasteiger partial charge in [-0.25, -0.2) is 0 Å². The Morgan fingerprint density at radius 3 is 2.79 bits per heavy atom. The van der Waals surface area contributed by atoms with Crippen molar-refractivity contribution >= 4 is 24.1 Å². The van der Waals surface area contributed by atoms with Crippen LogP contribution in [0.2, 0.25) is 0 Å². The zero-order valence-corrected chi connectivity index (χ0v) is 15.2. The van der Waals surface area contributed by atoms with Crippen molar-refractivity contribution in [2.75, 3.05) is 31.1 Å². The lowest BCUT2D eigenvalue weighted by molar-refractivity contribution is -0.138. The van der Waals surface area contributed by atoms with Gasteiger partial charge in [0.15, 0.2) is 5.82 Å². The summed E-state index contributed by atoms with van der Waals surface area (Å²) in [7, 11) is 0. The Hall–Kier alpha value is -1.40. The molecule has 1 saturated carbocycles. The van der Waals surface area contributed by atoms with Crippen LogP contribution in [0.5, 0.6) is 0 Å². The van der Waals surface area contributed by atoms with Gasteiger partial charge in [0.25, 0.3) is 0 Å². The second-order valence-electron chi connectivity index (χ2n) is 7.05. The zero-order chi connectivity index (χ0) is 16.3. The standard InChI is InChI=1S/C17H27N5O.ClH/c1-17(18)8-3-2-6-14(17)16(23)22-11-5-10-21(12-13-22)15-7-4-9-19-20-15;/h4,7,9,14H,2-3,5-6,8,10-13,18H2,1H3;1H. The topological polar surface area (TPSA) is 75.4 Å². The predicted octanol–water partition coefficient (Wildman–Crippen LogP) is 1.84. The molecule has 0 spiro atoms. The third-order valence-electron chi connectivity index (χ3n) is 5.24. The minimum Gasteiger partial charge on any atom is -0.353 e. The van der Waals surface area contributed by atoms with E-state index in [9.17, 15) is 4.79 Å². The molecular formula is C17H28ClN5O. The summed E-state index contributed by atoms with van der Waals surface area (Å²) in [5.41, 5.74) is 6.06. The molecule has 0 radical (unpaired) electrons. The van der Waals surface area contributed by atoms with Crippen molar-refractivity contribution in [3.63, 3.8) is 0 Å². The van der Waals surface area contributed by atoms with E-state index >= 15 is 0 Å². The maximum absolute atomic E-state index is 13.0. The van der Waals surface area contributed by atoms with Crippen LogP contribution in [0.3, 0.4) is 0 Å². The van der Waals surface area contributed by atoms with E-state index in [1.54, 1.807) is 6.20 Å². The summed E-state index contributed by atoms with van der Waals surface area (Å²) in [5.74, 6) is 1.11. The fraction of sp³-hybridized carbons (Fsp3) is 0.706. The highest BCUT2D eigenvalue weighted by Crippen LogP contribution is 2.33. The summed E-state index contributed by atoms with van der Waals surface area (Å²) < 4.78 is 0. The summed E-state index contributed by atoms with van der Waals surface area (Å²) >= 11 is 0. The smallest absolute Gasteiger partial charge is 0.227 e. The molecule has 2 unspecified atom stereocenters. The van der Waals surface area contributed by atoms with Gasteiger partial charge in [-0.15, -0.1) is 17.5 Å². The number of nitrogens with two attached hydrogens (primary N) is 1. The third kappa shape index (κ3) is 4.16. The molecule has 1 aliphatic heterocycles. The molecule has 2 heterocycles. The average molecular weight is 354 g/mol. The van der Waals surface area contributed by atoms with Crippen LogP contribution in [0, 0.1) is 5.92 Å². The van der Waals surface area contributed by atoms with E-state index in [4.69, 9.17) is 5.73 Å². The second kappa shape index (κ2) is 8.12. The number of nitrogens with zero attached hydrogens (tertiary/aromatic N) is 4. The first-order valence-electron chi connectivity index (χ1n) is 8.68. The molecule has 7 heteroatoms. The number of anilines is 1. The number of amides is 1. The lowest BCUT2D eigenvalue weighted by atomic mass is 9.74. The molecule has 2 aliphatic rings. The van der Waals surface area contributed by atoms with Crippen LogP contribution in [0.4, 0.5) is 5.82 Å². The molecule has 2 fully saturated rings. The zero-order valence-electron chi connectivity index (χ0n) is 14.4. The average Bonchev–Trinajstić information content (AvgIpc) is 2.81. The van der Waals surface area contributed by atoms with Crippen molar-refractivity contribution in [2.45, 2.75) is 44.6 Å². The maximum Gasteiger partial charge on any atom is 0.227 e. The van der Waals surface area contributed by atoms with E-state index in [1.165, 1.54) is 0 Å². The highest BCUT2D eigenvalue weighted by Gasteiger charge is 2.40. The number of carbonyl (C=O) groups excluding carboxylic acids is 1. The van der Waals surface area contributed by atoms with Crippen LogP contribution in [-0.4, -0.2) is 52.7 Å². The summed E-state index contributed by atoms with van der Waals surface area (Å²) in [5, 5.41) is 8.13. The molecule has 134 valence electrons. The SMILES string of the molecule is CC1(N)CCCCC1C(=O)N1CCCN(c2cccnn2)CC1.Cl. The van der Waals surface area contributed by atoms with Crippen LogP contribution in [0.1, 0.15) is 39.0 Å². The first-order valence-corrected chi connectivity index (χ1v) is 8.68. The van der Waals surface area contributed by atoms with E-state index < -0.39 is 0 Å². The molecule has 1 amide bonds. The van der Waals surface area contributed by atoms with Crippen molar-refractivity contribution in [1.29, 1.82) is 0 Å². The first kappa shape index (κ1) is 18.9. The fourth-order valence-corrected chi connectivity index (χ4v) is 3.81. The maximum atomic E-state index is 13.0. The number of rotatable bonds is 2. The molecule has 0 bridgehead atoms. The van der Waals surface area contributed by atoms with Crippen LogP contribution < -0.4 is 10.6 Å². The quantitative estimate of drug-likeness (QED) is 0.878. The van der Waals surface area contributed by atoms with Gasteiger partial charge in [0.2, 0.25) is 5.91 Å². The van der Waals surface area contributed by atoms with Crippen molar-refractivity contribution in [1.82, 2.24) is 15.1 Å². The summed E-state index contributed by atoms with van der Waals surface area (Å²) in [6.45, 7) is 5.30. The van der Waals surface area contributed by atoms with Gasteiger partial charge in [0, 0.05) is 37.9 Å². The molecule has 2 N–H and O–H groups in total. The number of carbonyl (C=O) groups is 1. The van der Waals surface area contributed by atoms with Crippen molar-refractivity contribution < 1.29 is 4.79 Å². The van der Waals surface area contributed by atoms with Crippen molar-refractivity contribution in [2.24, 2.45) is 11.7 Å². The van der Waals surface area contributed by atoms with Crippen molar-refractivity contribution in [3.05, 3.63) is 18.3 Å². The molecule has 24 heavy (non-hydrogen) atoms. The van der Waals surface area contributed by atoms with Gasteiger partial charge in [0.05, 0.1) is 5.92 Å². The van der Waals surface area contributed by atoms with Crippen LogP contribution >= 0.6 is 12.4 Å². The Kier molecular flexibility index (Phi) is 6.40. The largest absolute Gasteiger partial charge is 0.353 e. The lowest BCUT2D eigenvalue weighted by Gasteiger charge is -2.39. The third-order valence-corrected chi connectivity index (χ3v) is 5.24. The Labute approximate surface area is 150 Å². The molecule has 1 aliphatic carbocycles. The molecule has 1 saturated heterocycles. The minimum absolute atomic E-state index is 0. The van der Waals surface area contributed by atoms with E-state index in [-0.39, 0.29) is 29.8 Å². The highest BCUT2D eigenvalue weighted by atomic mass is 35.5. The van der Waals surface area contributed by atoms with E-state index in [2.05, 4.69) is 15.1 Å². The number of hydrogen-bond donors (Lipinski definition) is 1. The van der Waals surface area contributed by atoms with Gasteiger partial charge in [-0.3, -0.25) is 4.79 Å². The predicted molar refractivity (Wildman–Crippen MR) is 97.2 cm³/mol. The molecule has 1 aromatic heterocycles. The van der Waals surface area contributed by atoms with Gasteiger partial charge >= 0.3 is 0 Å². The molecule has 0 aromatic carbocycles. The highest BCUT2D eigenvalue weighted by molar-refractivity contribution is 5.85. The molecule has 1 aromatic rings. The Morgan fingerprint density at radius 1 is 1.25 bits per heavy atom. The normalized spacial score (nSPS) is 28.0. The Bertz CT molecular complexity index is 539. The van der Waals surface area contributed by atoms with E-state index in [0.29, 0.717) is 0 Å². The molecular weight excluding hydrogens is 326 g/mol. The Morgan fingerprint density at radius 2 is 2.08 bits per heavy atom. The summed E-state index contributed by atoms with van der Waals surface area (Å²) in [6, 6.07) is 3.88. The monoisotopic (exact) mass is 353 g/mol. The fourth-order valence-electron chi connectivity index (χ4n) is 3.81. The Balaban J connectivity index is 0.00000208. The number of halogens is 1. The summed E-state index contributed by atoms with van der Waals surface area (Å²) in [4.78, 5) is 17.2. The minimum atomic E-state index is -0.355. The second-order valence-corrected chi connectivity index (χ2v) is 7.05. The lowest BCUT2D eigenvalue weighted by Crippen LogP contribution is -2.54. The van der Waals surface area contributed by atoms with Crippen molar-refractivity contribution in [3.8, 4) is 0 Å². The number of aromatic nitrogens is 2. The van der Waals surface area contributed by atoms with Crippen LogP contribution in [-0.2, 0) is 4.79 Å². The van der Waals surface area contributed by atoms with E-state index in [0.717, 1.165) is 64.1 Å². The van der Waals surface area contributed by atoms with E-state index in [1.807, 2.05) is 24.0 Å². The van der Waals surface area contributed by atoms with Gasteiger partial charge in [0.1, 0.15) is 0 Å². The molecule has 6 nitrogen and oxygen atoms in total. The number of hydrogen-bond acceptors (Lipinski definition) is 5. The summed E-state index contributed by atoms with van der Waals surface area (Å²) in [6.07, 6.45) is 6.76. The van der Waals surface area contributed by atoms with Gasteiger partial charge in [-0.05, 0) is 38.3 Å². The van der Waals surface area contributed by atoms with Gasteiger partial charge < -0.3 is 15.5 Å². The molecule has 3 rings (SSSR count). The van der Waals surface area contributed by atoms with Gasteiger partial charge in [-0.1, -0.05) is 12.8 Å².